The molecule has 1 N–H and O–H groups in total. The highest BCUT2D eigenvalue weighted by Crippen LogP contribution is 2.43. The van der Waals surface area contributed by atoms with Gasteiger partial charge in [0, 0.05) is 36.8 Å². The van der Waals surface area contributed by atoms with Gasteiger partial charge in [-0.3, -0.25) is 4.79 Å². The molecule has 2 atom stereocenters. The number of rotatable bonds is 5. The average Bonchev–Trinajstić information content (AvgIpc) is 3.15. The van der Waals surface area contributed by atoms with E-state index in [1.54, 1.807) is 12.3 Å². The molecule has 1 aliphatic carbocycles. The van der Waals surface area contributed by atoms with Gasteiger partial charge in [0.1, 0.15) is 5.82 Å². The average molecular weight is 395 g/mol. The van der Waals surface area contributed by atoms with Crippen molar-refractivity contribution >= 4 is 17.8 Å². The molecular formula is C20H24F3N3O2. The number of aromatic nitrogens is 1. The summed E-state index contributed by atoms with van der Waals surface area (Å²) in [6.45, 7) is 0.123. The largest absolute Gasteiger partial charge is 0.391 e. The van der Waals surface area contributed by atoms with Crippen LogP contribution in [0, 0.1) is 11.8 Å². The van der Waals surface area contributed by atoms with E-state index in [4.69, 9.17) is 4.74 Å². The molecule has 8 heteroatoms. The van der Waals surface area contributed by atoms with Gasteiger partial charge < -0.3 is 14.6 Å². The maximum absolute atomic E-state index is 12.3. The molecule has 0 saturated heterocycles. The van der Waals surface area contributed by atoms with E-state index in [1.165, 1.54) is 0 Å². The minimum Gasteiger partial charge on any atom is -0.381 e. The molecule has 0 spiro atoms. The third-order valence-corrected chi connectivity index (χ3v) is 5.96. The van der Waals surface area contributed by atoms with Crippen LogP contribution in [0.15, 0.2) is 29.5 Å². The Morgan fingerprint density at radius 3 is 2.79 bits per heavy atom. The quantitative estimate of drug-likeness (QED) is 0.756. The highest BCUT2D eigenvalue weighted by molar-refractivity contribution is 6.04. The minimum atomic E-state index is -4.16. The first-order valence-electron chi connectivity index (χ1n) is 9.78. The number of hydrogen-bond acceptors (Lipinski definition) is 4. The monoisotopic (exact) mass is 395 g/mol. The number of allylic oxidation sites excluding steroid dienone is 1. The van der Waals surface area contributed by atoms with Gasteiger partial charge in [0.25, 0.3) is 0 Å². The van der Waals surface area contributed by atoms with Gasteiger partial charge in [-0.1, -0.05) is 0 Å². The summed E-state index contributed by atoms with van der Waals surface area (Å²) in [4.78, 5) is 22.1. The van der Waals surface area contributed by atoms with E-state index in [0.29, 0.717) is 18.6 Å². The molecule has 1 saturated carbocycles. The lowest BCUT2D eigenvalue weighted by atomic mass is 9.81. The van der Waals surface area contributed by atoms with Gasteiger partial charge in [0.2, 0.25) is 0 Å². The van der Waals surface area contributed by atoms with Gasteiger partial charge >= 0.3 is 6.18 Å². The van der Waals surface area contributed by atoms with Crippen LogP contribution >= 0.6 is 0 Å². The number of halogens is 3. The predicted molar refractivity (Wildman–Crippen MR) is 98.4 cm³/mol. The Kier molecular flexibility index (Phi) is 5.31. The summed E-state index contributed by atoms with van der Waals surface area (Å²) in [5, 5.41) is 0. The van der Waals surface area contributed by atoms with Crippen molar-refractivity contribution < 1.29 is 22.7 Å². The molecule has 152 valence electrons. The van der Waals surface area contributed by atoms with Crippen LogP contribution in [0.2, 0.25) is 0 Å². The van der Waals surface area contributed by atoms with Crippen LogP contribution in [-0.2, 0) is 9.53 Å². The molecule has 0 radical (unpaired) electrons. The van der Waals surface area contributed by atoms with Gasteiger partial charge in [-0.25, -0.2) is 4.99 Å². The Morgan fingerprint density at radius 1 is 1.25 bits per heavy atom. The van der Waals surface area contributed by atoms with Crippen molar-refractivity contribution in [2.75, 3.05) is 13.2 Å². The van der Waals surface area contributed by atoms with Gasteiger partial charge in [0.05, 0.1) is 25.0 Å². The number of aliphatic imine (C=N–C) groups is 1. The number of ether oxygens (including phenoxy) is 1. The predicted octanol–water partition coefficient (Wildman–Crippen LogP) is 4.31. The molecule has 1 aromatic heterocycles. The molecule has 0 aromatic carbocycles. The zero-order valence-corrected chi connectivity index (χ0v) is 15.5. The van der Waals surface area contributed by atoms with E-state index in [1.807, 2.05) is 18.5 Å². The molecule has 3 aliphatic rings. The van der Waals surface area contributed by atoms with Crippen LogP contribution in [0.25, 0.3) is 0 Å². The van der Waals surface area contributed by atoms with Crippen molar-refractivity contribution in [1.29, 1.82) is 0 Å². The summed E-state index contributed by atoms with van der Waals surface area (Å²) in [5.41, 5.74) is 1.04. The first-order valence-corrected chi connectivity index (χ1v) is 9.78. The van der Waals surface area contributed by atoms with Crippen LogP contribution < -0.4 is 0 Å². The lowest BCUT2D eigenvalue weighted by Gasteiger charge is -2.45. The molecule has 2 unspecified atom stereocenters. The molecular weight excluding hydrogens is 371 g/mol. The lowest BCUT2D eigenvalue weighted by molar-refractivity contribution is -0.146. The number of ketones is 1. The molecule has 2 aliphatic heterocycles. The zero-order valence-electron chi connectivity index (χ0n) is 15.5. The summed E-state index contributed by atoms with van der Waals surface area (Å²) in [5.74, 6) is 0.910. The maximum atomic E-state index is 12.3. The van der Waals surface area contributed by atoms with Crippen molar-refractivity contribution in [2.24, 2.45) is 16.8 Å². The Bertz CT molecular complexity index is 763. The molecule has 5 nitrogen and oxygen atoms in total. The number of alkyl halides is 3. The second-order valence-corrected chi connectivity index (χ2v) is 7.81. The maximum Gasteiger partial charge on any atom is 0.391 e. The second-order valence-electron chi connectivity index (χ2n) is 7.81. The van der Waals surface area contributed by atoms with Crippen molar-refractivity contribution in [3.63, 3.8) is 0 Å². The van der Waals surface area contributed by atoms with E-state index >= 15 is 0 Å². The van der Waals surface area contributed by atoms with Crippen molar-refractivity contribution in [3.05, 3.63) is 30.1 Å². The van der Waals surface area contributed by atoms with Crippen molar-refractivity contribution in [3.8, 4) is 0 Å². The van der Waals surface area contributed by atoms with E-state index in [2.05, 4.69) is 14.9 Å². The van der Waals surface area contributed by atoms with Gasteiger partial charge in [-0.2, -0.15) is 13.2 Å². The van der Waals surface area contributed by atoms with E-state index in [0.717, 1.165) is 37.1 Å². The number of nitrogens with one attached hydrogen (secondary N) is 1. The summed E-state index contributed by atoms with van der Waals surface area (Å²) in [6, 6.07) is 2.25. The fourth-order valence-corrected chi connectivity index (χ4v) is 4.49. The minimum absolute atomic E-state index is 0.0409. The van der Waals surface area contributed by atoms with Crippen LogP contribution in [0.5, 0.6) is 0 Å². The summed E-state index contributed by atoms with van der Waals surface area (Å²) >= 11 is 0. The van der Waals surface area contributed by atoms with Crippen LogP contribution in [0.1, 0.15) is 43.7 Å². The highest BCUT2D eigenvalue weighted by atomic mass is 19.4. The molecule has 0 amide bonds. The molecule has 0 bridgehead atoms. The number of nitrogens with zero attached hydrogens (tertiary/aromatic N) is 2. The Balaban J connectivity index is 1.35. The van der Waals surface area contributed by atoms with E-state index in [-0.39, 0.29) is 24.3 Å². The molecule has 4 rings (SSSR count). The number of H-pyrrole nitrogens is 1. The SMILES string of the molecule is O=C1C=CN(C2CCC(COCCC(F)(F)F)CC2)C2c3cc[nH]c3N=CC12. The third kappa shape index (κ3) is 4.01. The molecule has 3 heterocycles. The fraction of sp³-hybridized carbons (Fsp3) is 0.600. The normalized spacial score (nSPS) is 29.7. The highest BCUT2D eigenvalue weighted by Gasteiger charge is 2.41. The van der Waals surface area contributed by atoms with Gasteiger partial charge in [0.15, 0.2) is 5.78 Å². The third-order valence-electron chi connectivity index (χ3n) is 5.96. The summed E-state index contributed by atoms with van der Waals surface area (Å²) < 4.78 is 41.8. The van der Waals surface area contributed by atoms with Gasteiger partial charge in [-0.05, 0) is 43.7 Å². The standard InChI is InChI=1S/C20H24F3N3O2/c21-20(22,23)7-10-28-12-13-1-3-14(4-2-13)26-9-6-17(27)16-11-25-19-15(18(16)26)5-8-24-19/h5-6,8-9,11,13-14,16,18,24H,1-4,7,10,12H2. The first-order chi connectivity index (χ1) is 13.4. The smallest absolute Gasteiger partial charge is 0.381 e. The zero-order chi connectivity index (χ0) is 19.7. The lowest BCUT2D eigenvalue weighted by Crippen LogP contribution is -2.45. The number of carbonyl (C=O) groups is 1. The van der Waals surface area contributed by atoms with Gasteiger partial charge in [-0.15, -0.1) is 0 Å². The van der Waals surface area contributed by atoms with Crippen LogP contribution in [-0.4, -0.2) is 47.3 Å². The first kappa shape index (κ1) is 19.2. The van der Waals surface area contributed by atoms with E-state index < -0.39 is 12.6 Å². The van der Waals surface area contributed by atoms with Crippen LogP contribution in [0.3, 0.4) is 0 Å². The Hall–Kier alpha value is -2.09. The number of fused-ring (bicyclic) bond motifs is 3. The van der Waals surface area contributed by atoms with Crippen molar-refractivity contribution in [1.82, 2.24) is 9.88 Å². The second kappa shape index (κ2) is 7.73. The molecule has 28 heavy (non-hydrogen) atoms. The summed E-state index contributed by atoms with van der Waals surface area (Å²) in [6.07, 6.45) is 5.79. The summed E-state index contributed by atoms with van der Waals surface area (Å²) in [7, 11) is 0. The Labute approximate surface area is 161 Å². The number of hydrogen-bond donors (Lipinski definition) is 1. The number of carbonyl (C=O) groups excluding carboxylic acids is 1. The van der Waals surface area contributed by atoms with E-state index in [9.17, 15) is 18.0 Å². The van der Waals surface area contributed by atoms with Crippen LogP contribution in [0.4, 0.5) is 19.0 Å². The fourth-order valence-electron chi connectivity index (χ4n) is 4.49. The molecule has 1 aromatic rings. The van der Waals surface area contributed by atoms with Crippen molar-refractivity contribution in [2.45, 2.75) is 50.4 Å². The topological polar surface area (TPSA) is 57.7 Å². The Morgan fingerprint density at radius 2 is 2.04 bits per heavy atom. The molecule has 1 fully saturated rings. The number of aromatic amines is 1.